The molecule has 304 valence electrons. The zero-order valence-electron chi connectivity index (χ0n) is 35.8. The van der Waals surface area contributed by atoms with Gasteiger partial charge in [0.15, 0.2) is 5.82 Å². The lowest BCUT2D eigenvalue weighted by molar-refractivity contribution is 0.635. The van der Waals surface area contributed by atoms with Crippen LogP contribution in [0.3, 0.4) is 0 Å². The van der Waals surface area contributed by atoms with Crippen LogP contribution in [0.5, 0.6) is 0 Å². The van der Waals surface area contributed by atoms with Crippen LogP contribution in [0.1, 0.15) is 48.8 Å². The Morgan fingerprint density at radius 1 is 0.469 bits per heavy atom. The molecule has 3 unspecified atom stereocenters. The minimum Gasteiger partial charge on any atom is -0.245 e. The van der Waals surface area contributed by atoms with Crippen molar-refractivity contribution in [2.75, 3.05) is 0 Å². The smallest absolute Gasteiger partial charge is 0.160 e. The van der Waals surface area contributed by atoms with E-state index in [0.717, 1.165) is 83.7 Å². The number of aromatic nitrogens is 4. The molecular weight excluding hydrogens is 777 g/mol. The Morgan fingerprint density at radius 3 is 1.92 bits per heavy atom. The molecule has 0 aliphatic heterocycles. The van der Waals surface area contributed by atoms with Crippen LogP contribution in [0.2, 0.25) is 0 Å². The van der Waals surface area contributed by atoms with Crippen molar-refractivity contribution >= 4 is 49.6 Å². The van der Waals surface area contributed by atoms with Crippen LogP contribution in [-0.2, 0) is 0 Å². The normalized spacial score (nSPS) is 16.8. The number of hydrogen-bond donors (Lipinski definition) is 0. The van der Waals surface area contributed by atoms with Gasteiger partial charge in [-0.1, -0.05) is 196 Å². The zero-order valence-corrected chi connectivity index (χ0v) is 35.8. The van der Waals surface area contributed by atoms with Gasteiger partial charge in [0.05, 0.1) is 33.6 Å². The number of rotatable bonds is 6. The SMILES string of the molecule is CC1CC=Cc2c1c(-c1ccc3ccc4c(-c5ccccc5)c5ccccc5nc4c3n1)c1ccccc1c2-c1cc(-c2ccc(C3C=CC=CC3C)cc2)nc(-c2ccccc2)n1. The summed E-state index contributed by atoms with van der Waals surface area (Å²) in [4.78, 5) is 21.7. The zero-order chi connectivity index (χ0) is 42.7. The second-order valence-electron chi connectivity index (χ2n) is 17.4. The topological polar surface area (TPSA) is 51.6 Å². The van der Waals surface area contributed by atoms with E-state index in [1.165, 1.54) is 33.4 Å². The molecule has 7 aromatic carbocycles. The van der Waals surface area contributed by atoms with Crippen molar-refractivity contribution in [2.24, 2.45) is 5.92 Å². The van der Waals surface area contributed by atoms with Gasteiger partial charge in [-0.15, -0.1) is 0 Å². The van der Waals surface area contributed by atoms with E-state index in [1.807, 2.05) is 6.07 Å². The van der Waals surface area contributed by atoms with Gasteiger partial charge < -0.3 is 0 Å². The van der Waals surface area contributed by atoms with Crippen molar-refractivity contribution in [1.29, 1.82) is 0 Å². The Labute approximate surface area is 373 Å². The van der Waals surface area contributed by atoms with Crippen molar-refractivity contribution in [2.45, 2.75) is 32.1 Å². The molecule has 2 aliphatic rings. The molecule has 0 radical (unpaired) electrons. The van der Waals surface area contributed by atoms with E-state index in [0.29, 0.717) is 17.7 Å². The average Bonchev–Trinajstić information content (AvgIpc) is 3.35. The fourth-order valence-electron chi connectivity index (χ4n) is 10.3. The van der Waals surface area contributed by atoms with Gasteiger partial charge in [0.2, 0.25) is 0 Å². The summed E-state index contributed by atoms with van der Waals surface area (Å²) in [5.74, 6) is 1.74. The Balaban J connectivity index is 1.08. The molecule has 0 amide bonds. The van der Waals surface area contributed by atoms with E-state index in [2.05, 4.69) is 208 Å². The summed E-state index contributed by atoms with van der Waals surface area (Å²) in [7, 11) is 0. The molecule has 0 saturated heterocycles. The summed E-state index contributed by atoms with van der Waals surface area (Å²) in [6.07, 6.45) is 14.5. The number of hydrogen-bond acceptors (Lipinski definition) is 4. The van der Waals surface area contributed by atoms with Crippen molar-refractivity contribution in [3.63, 3.8) is 0 Å². The monoisotopic (exact) mass is 820 g/mol. The van der Waals surface area contributed by atoms with Crippen LogP contribution >= 0.6 is 0 Å². The van der Waals surface area contributed by atoms with Crippen LogP contribution in [0.4, 0.5) is 0 Å². The molecule has 0 saturated carbocycles. The molecule has 0 N–H and O–H groups in total. The summed E-state index contributed by atoms with van der Waals surface area (Å²) in [6.45, 7) is 4.63. The van der Waals surface area contributed by atoms with Crippen molar-refractivity contribution in [1.82, 2.24) is 19.9 Å². The minimum absolute atomic E-state index is 0.239. The highest BCUT2D eigenvalue weighted by Crippen LogP contribution is 2.48. The minimum atomic E-state index is 0.239. The molecule has 0 bridgehead atoms. The van der Waals surface area contributed by atoms with E-state index < -0.39 is 0 Å². The molecule has 64 heavy (non-hydrogen) atoms. The maximum Gasteiger partial charge on any atom is 0.160 e. The second-order valence-corrected chi connectivity index (χ2v) is 17.4. The largest absolute Gasteiger partial charge is 0.245 e. The highest BCUT2D eigenvalue weighted by atomic mass is 14.9. The molecule has 3 atom stereocenters. The molecule has 3 heterocycles. The van der Waals surface area contributed by atoms with Crippen LogP contribution in [0, 0.1) is 5.92 Å². The molecule has 3 aromatic heterocycles. The van der Waals surface area contributed by atoms with Crippen LogP contribution in [0.15, 0.2) is 194 Å². The van der Waals surface area contributed by atoms with E-state index in [9.17, 15) is 0 Å². The van der Waals surface area contributed by atoms with Crippen LogP contribution < -0.4 is 0 Å². The molecule has 10 aromatic rings. The van der Waals surface area contributed by atoms with Gasteiger partial charge in [0.1, 0.15) is 0 Å². The van der Waals surface area contributed by atoms with Crippen molar-refractivity contribution in [3.8, 4) is 56.3 Å². The number of para-hydroxylation sites is 1. The van der Waals surface area contributed by atoms with E-state index in [-0.39, 0.29) is 5.92 Å². The number of fused-ring (bicyclic) bond motifs is 6. The third-order valence-corrected chi connectivity index (χ3v) is 13.4. The predicted octanol–water partition coefficient (Wildman–Crippen LogP) is 15.6. The highest BCUT2D eigenvalue weighted by molar-refractivity contribution is 6.17. The maximum atomic E-state index is 5.64. The standard InChI is InChI=1S/C60H44N4/c1-37-16-9-10-22-44(37)39-28-30-40(31-29-39)52-36-53(64-60(63-52)43-20-7-4-8-21-43)56-45-23-11-12-24-46(45)57(54-38(2)17-15-26-48(54)56)51-35-33-42-32-34-49-55(41-18-5-3-6-19-41)47-25-13-14-27-50(47)61-59(49)58(42)62-51/h3-16,18-38,44H,17H2,1-2H3. The Morgan fingerprint density at radius 2 is 1.14 bits per heavy atom. The predicted molar refractivity (Wildman–Crippen MR) is 267 cm³/mol. The van der Waals surface area contributed by atoms with Gasteiger partial charge in [-0.05, 0) is 69.5 Å². The first-order valence-corrected chi connectivity index (χ1v) is 22.4. The van der Waals surface area contributed by atoms with Gasteiger partial charge in [-0.25, -0.2) is 19.9 Å². The number of benzene rings is 7. The number of allylic oxidation sites excluding steroid dienone is 5. The third-order valence-electron chi connectivity index (χ3n) is 13.4. The van der Waals surface area contributed by atoms with Gasteiger partial charge in [0.25, 0.3) is 0 Å². The van der Waals surface area contributed by atoms with Crippen molar-refractivity contribution < 1.29 is 0 Å². The highest BCUT2D eigenvalue weighted by Gasteiger charge is 2.28. The summed E-state index contributed by atoms with van der Waals surface area (Å²) in [6, 6.07) is 58.4. The molecule has 2 aliphatic carbocycles. The van der Waals surface area contributed by atoms with Gasteiger partial charge in [-0.2, -0.15) is 0 Å². The maximum absolute atomic E-state index is 5.64. The Kier molecular flexibility index (Phi) is 9.19. The molecule has 0 spiro atoms. The van der Waals surface area contributed by atoms with Crippen molar-refractivity contribution in [3.05, 3.63) is 211 Å². The van der Waals surface area contributed by atoms with E-state index >= 15 is 0 Å². The van der Waals surface area contributed by atoms with Crippen LogP contribution in [0.25, 0.3) is 106 Å². The lowest BCUT2D eigenvalue weighted by atomic mass is 9.77. The summed E-state index contributed by atoms with van der Waals surface area (Å²) >= 11 is 0. The summed E-state index contributed by atoms with van der Waals surface area (Å²) in [5, 5.41) is 5.59. The average molecular weight is 821 g/mol. The summed E-state index contributed by atoms with van der Waals surface area (Å²) < 4.78 is 0. The lowest BCUT2D eigenvalue weighted by Crippen LogP contribution is -2.08. The molecule has 4 nitrogen and oxygen atoms in total. The fourth-order valence-corrected chi connectivity index (χ4v) is 10.3. The molecule has 12 rings (SSSR count). The van der Waals surface area contributed by atoms with Crippen LogP contribution in [-0.4, -0.2) is 19.9 Å². The number of pyridine rings is 2. The first-order valence-electron chi connectivity index (χ1n) is 22.4. The molecule has 4 heteroatoms. The molecular formula is C60H44N4. The van der Waals surface area contributed by atoms with E-state index in [4.69, 9.17) is 19.9 Å². The van der Waals surface area contributed by atoms with E-state index in [1.54, 1.807) is 0 Å². The first kappa shape index (κ1) is 37.9. The lowest BCUT2D eigenvalue weighted by Gasteiger charge is -2.27. The third kappa shape index (κ3) is 6.36. The summed E-state index contributed by atoms with van der Waals surface area (Å²) in [5.41, 5.74) is 16.0. The van der Waals surface area contributed by atoms with Gasteiger partial charge >= 0.3 is 0 Å². The fraction of sp³-hybridized carbons (Fsp3) is 0.100. The Bertz CT molecular complexity index is 3550. The quantitative estimate of drug-likeness (QED) is 0.124. The molecule has 0 fully saturated rings. The Hall–Kier alpha value is -7.82. The number of nitrogens with zero attached hydrogens (tertiary/aromatic N) is 4. The first-order chi connectivity index (χ1) is 31.6. The second kappa shape index (κ2) is 15.5. The van der Waals surface area contributed by atoms with Gasteiger partial charge in [-0.3, -0.25) is 0 Å². The van der Waals surface area contributed by atoms with Gasteiger partial charge in [0, 0.05) is 49.9 Å².